The van der Waals surface area contributed by atoms with Crippen molar-refractivity contribution < 1.29 is 9.53 Å². The van der Waals surface area contributed by atoms with Crippen LogP contribution in [0.2, 0.25) is 0 Å². The van der Waals surface area contributed by atoms with E-state index in [4.69, 9.17) is 4.74 Å². The predicted octanol–water partition coefficient (Wildman–Crippen LogP) is 1.04. The number of carbonyl (C=O) groups excluding carboxylic acids is 1. The Morgan fingerprint density at radius 2 is 2.23 bits per heavy atom. The zero-order valence-corrected chi connectivity index (χ0v) is 12.8. The van der Waals surface area contributed by atoms with Crippen molar-refractivity contribution in [1.82, 2.24) is 24.4 Å². The summed E-state index contributed by atoms with van der Waals surface area (Å²) in [4.78, 5) is 27.2. The Hall–Kier alpha value is -2.28. The van der Waals surface area contributed by atoms with Gasteiger partial charge in [0.25, 0.3) is 5.91 Å². The molecule has 1 atom stereocenters. The van der Waals surface area contributed by atoms with Crippen LogP contribution in [-0.2, 0) is 17.8 Å². The summed E-state index contributed by atoms with van der Waals surface area (Å²) in [5.74, 6) is -0.121. The van der Waals surface area contributed by atoms with Gasteiger partial charge in [-0.2, -0.15) is 0 Å². The van der Waals surface area contributed by atoms with E-state index in [0.29, 0.717) is 18.8 Å². The van der Waals surface area contributed by atoms with Crippen molar-refractivity contribution >= 4 is 5.91 Å². The van der Waals surface area contributed by atoms with Crippen molar-refractivity contribution in [2.24, 2.45) is 0 Å². The summed E-state index contributed by atoms with van der Waals surface area (Å²) in [6.45, 7) is 3.68. The third kappa shape index (κ3) is 2.85. The van der Waals surface area contributed by atoms with Crippen molar-refractivity contribution in [3.63, 3.8) is 0 Å². The summed E-state index contributed by atoms with van der Waals surface area (Å²) < 4.78 is 7.37. The lowest BCUT2D eigenvalue weighted by atomic mass is 10.1. The Morgan fingerprint density at radius 3 is 2.95 bits per heavy atom. The molecule has 0 unspecified atom stereocenters. The first kappa shape index (κ1) is 14.6. The van der Waals surface area contributed by atoms with Gasteiger partial charge in [0, 0.05) is 26.0 Å². The Morgan fingerprint density at radius 1 is 1.36 bits per heavy atom. The number of aryl methyl sites for hydroxylation is 2. The normalized spacial score (nSPS) is 17.9. The molecular weight excluding hydrogens is 282 g/mol. The van der Waals surface area contributed by atoms with Crippen LogP contribution in [0.25, 0.3) is 0 Å². The summed E-state index contributed by atoms with van der Waals surface area (Å²) in [5.41, 5.74) is 2.17. The van der Waals surface area contributed by atoms with Gasteiger partial charge in [-0.05, 0) is 13.3 Å². The second kappa shape index (κ2) is 6.23. The Bertz CT molecular complexity index is 652. The van der Waals surface area contributed by atoms with E-state index in [1.54, 1.807) is 25.8 Å². The summed E-state index contributed by atoms with van der Waals surface area (Å²) in [5, 5.41) is 0. The molecule has 0 aliphatic carbocycles. The number of methoxy groups -OCH3 is 1. The molecule has 0 N–H and O–H groups in total. The molecule has 7 heteroatoms. The van der Waals surface area contributed by atoms with Crippen LogP contribution >= 0.6 is 0 Å². The van der Waals surface area contributed by atoms with E-state index in [-0.39, 0.29) is 11.9 Å². The van der Waals surface area contributed by atoms with Gasteiger partial charge in [-0.25, -0.2) is 9.97 Å². The van der Waals surface area contributed by atoms with Crippen molar-refractivity contribution in [2.45, 2.75) is 32.5 Å². The minimum absolute atomic E-state index is 0.0144. The van der Waals surface area contributed by atoms with Crippen LogP contribution in [0, 0.1) is 6.92 Å². The average Bonchev–Trinajstić information content (AvgIpc) is 2.90. The summed E-state index contributed by atoms with van der Waals surface area (Å²) >= 11 is 0. The number of nitrogens with zero attached hydrogens (tertiary/aromatic N) is 5. The van der Waals surface area contributed by atoms with Crippen LogP contribution in [-0.4, -0.2) is 50.1 Å². The van der Waals surface area contributed by atoms with Crippen LogP contribution in [0.1, 0.15) is 28.3 Å². The maximum absolute atomic E-state index is 12.8. The van der Waals surface area contributed by atoms with E-state index >= 15 is 0 Å². The van der Waals surface area contributed by atoms with Crippen LogP contribution < -0.4 is 0 Å². The third-order valence-corrected chi connectivity index (χ3v) is 3.89. The fraction of sp³-hybridized carbons (Fsp3) is 0.467. The van der Waals surface area contributed by atoms with E-state index < -0.39 is 0 Å². The zero-order chi connectivity index (χ0) is 15.5. The van der Waals surface area contributed by atoms with Gasteiger partial charge in [0.2, 0.25) is 0 Å². The van der Waals surface area contributed by atoms with Crippen LogP contribution in [0.5, 0.6) is 0 Å². The van der Waals surface area contributed by atoms with Crippen LogP contribution in [0.3, 0.4) is 0 Å². The Balaban J connectivity index is 1.89. The summed E-state index contributed by atoms with van der Waals surface area (Å²) in [7, 11) is 1.65. The molecule has 1 aliphatic heterocycles. The van der Waals surface area contributed by atoms with Gasteiger partial charge in [0.05, 0.1) is 43.1 Å². The Labute approximate surface area is 129 Å². The lowest BCUT2D eigenvalue weighted by Gasteiger charge is -2.28. The molecule has 3 heterocycles. The van der Waals surface area contributed by atoms with E-state index in [2.05, 4.69) is 19.5 Å². The second-order valence-corrected chi connectivity index (χ2v) is 5.45. The SMILES string of the molecule is COC[C@@H]1CCn2cncc2CN1C(=O)c1cnc(C)cn1. The predicted molar refractivity (Wildman–Crippen MR) is 79.2 cm³/mol. The first-order valence-electron chi connectivity index (χ1n) is 7.26. The topological polar surface area (TPSA) is 73.1 Å². The van der Waals surface area contributed by atoms with Gasteiger partial charge in [-0.3, -0.25) is 9.78 Å². The van der Waals surface area contributed by atoms with Gasteiger partial charge in [0.15, 0.2) is 0 Å². The minimum atomic E-state index is -0.121. The fourth-order valence-corrected chi connectivity index (χ4v) is 2.68. The van der Waals surface area contributed by atoms with E-state index in [0.717, 1.165) is 24.4 Å². The first-order chi connectivity index (χ1) is 10.7. The summed E-state index contributed by atoms with van der Waals surface area (Å²) in [6.07, 6.45) is 7.57. The molecule has 0 bridgehead atoms. The average molecular weight is 301 g/mol. The first-order valence-corrected chi connectivity index (χ1v) is 7.26. The molecule has 0 saturated heterocycles. The Kier molecular flexibility index (Phi) is 4.15. The molecule has 3 rings (SSSR count). The van der Waals surface area contributed by atoms with Crippen molar-refractivity contribution in [1.29, 1.82) is 0 Å². The zero-order valence-electron chi connectivity index (χ0n) is 12.8. The number of aromatic nitrogens is 4. The minimum Gasteiger partial charge on any atom is -0.383 e. The molecule has 1 amide bonds. The lowest BCUT2D eigenvalue weighted by Crippen LogP contribution is -2.42. The van der Waals surface area contributed by atoms with E-state index in [9.17, 15) is 4.79 Å². The fourth-order valence-electron chi connectivity index (χ4n) is 2.68. The highest BCUT2D eigenvalue weighted by Crippen LogP contribution is 2.19. The highest BCUT2D eigenvalue weighted by atomic mass is 16.5. The van der Waals surface area contributed by atoms with Crippen molar-refractivity contribution in [3.05, 3.63) is 42.0 Å². The van der Waals surface area contributed by atoms with Gasteiger partial charge < -0.3 is 14.2 Å². The molecule has 2 aromatic heterocycles. The monoisotopic (exact) mass is 301 g/mol. The molecule has 2 aromatic rings. The third-order valence-electron chi connectivity index (χ3n) is 3.89. The number of hydrogen-bond acceptors (Lipinski definition) is 5. The van der Waals surface area contributed by atoms with Crippen LogP contribution in [0.4, 0.5) is 0 Å². The van der Waals surface area contributed by atoms with E-state index in [1.165, 1.54) is 6.20 Å². The molecule has 22 heavy (non-hydrogen) atoms. The molecule has 1 aliphatic rings. The van der Waals surface area contributed by atoms with Crippen molar-refractivity contribution in [3.8, 4) is 0 Å². The maximum Gasteiger partial charge on any atom is 0.274 e. The largest absolute Gasteiger partial charge is 0.383 e. The number of rotatable bonds is 3. The highest BCUT2D eigenvalue weighted by Gasteiger charge is 2.29. The van der Waals surface area contributed by atoms with Crippen molar-refractivity contribution in [2.75, 3.05) is 13.7 Å². The number of ether oxygens (including phenoxy) is 1. The lowest BCUT2D eigenvalue weighted by molar-refractivity contribution is 0.0497. The standard InChI is InChI=1S/C15H19N5O2/c1-11-5-18-14(7-17-11)15(21)20-8-13-6-16-10-19(13)4-3-12(20)9-22-2/h5-7,10,12H,3-4,8-9H2,1-2H3/t12-/m0/s1. The highest BCUT2D eigenvalue weighted by molar-refractivity contribution is 5.92. The van der Waals surface area contributed by atoms with Crippen LogP contribution in [0.15, 0.2) is 24.9 Å². The van der Waals surface area contributed by atoms with Gasteiger partial charge in [-0.1, -0.05) is 0 Å². The number of imidazole rings is 1. The smallest absolute Gasteiger partial charge is 0.274 e. The van der Waals surface area contributed by atoms with Gasteiger partial charge >= 0.3 is 0 Å². The number of fused-ring (bicyclic) bond motifs is 1. The quantitative estimate of drug-likeness (QED) is 0.847. The second-order valence-electron chi connectivity index (χ2n) is 5.45. The molecule has 0 fully saturated rings. The molecule has 0 radical (unpaired) electrons. The van der Waals surface area contributed by atoms with Gasteiger partial charge in [0.1, 0.15) is 5.69 Å². The van der Waals surface area contributed by atoms with Gasteiger partial charge in [-0.15, -0.1) is 0 Å². The van der Waals surface area contributed by atoms with E-state index in [1.807, 2.05) is 11.8 Å². The molecule has 7 nitrogen and oxygen atoms in total. The maximum atomic E-state index is 12.8. The number of amides is 1. The molecular formula is C15H19N5O2. The number of hydrogen-bond donors (Lipinski definition) is 0. The number of carbonyl (C=O) groups is 1. The molecule has 116 valence electrons. The molecule has 0 aromatic carbocycles. The molecule has 0 spiro atoms. The molecule has 0 saturated carbocycles. The summed E-state index contributed by atoms with van der Waals surface area (Å²) in [6, 6.07) is 0.0144.